The van der Waals surface area contributed by atoms with E-state index < -0.39 is 10.0 Å². The Kier molecular flexibility index (Phi) is 7.27. The maximum Gasteiger partial charge on any atom is 0.262 e. The van der Waals surface area contributed by atoms with Crippen LogP contribution in [0.15, 0.2) is 65.6 Å². The molecule has 0 unspecified atom stereocenters. The van der Waals surface area contributed by atoms with Crippen LogP contribution in [0.2, 0.25) is 5.02 Å². The predicted octanol–water partition coefficient (Wildman–Crippen LogP) is 4.78. The van der Waals surface area contributed by atoms with Crippen LogP contribution in [0.4, 0.5) is 11.4 Å². The lowest BCUT2D eigenvalue weighted by Crippen LogP contribution is -2.20. The first-order valence-corrected chi connectivity index (χ1v) is 11.5. The van der Waals surface area contributed by atoms with Crippen molar-refractivity contribution in [2.75, 3.05) is 23.8 Å². The van der Waals surface area contributed by atoms with Crippen LogP contribution >= 0.6 is 11.6 Å². The number of hydrogen-bond donors (Lipinski definition) is 2. The quantitative estimate of drug-likeness (QED) is 0.490. The van der Waals surface area contributed by atoms with Gasteiger partial charge in [-0.25, -0.2) is 8.42 Å². The highest BCUT2D eigenvalue weighted by atomic mass is 35.5. The molecule has 0 fully saturated rings. The number of rotatable bonds is 8. The third kappa shape index (κ3) is 6.15. The summed E-state index contributed by atoms with van der Waals surface area (Å²) in [6, 6.07) is 16.2. The van der Waals surface area contributed by atoms with E-state index in [4.69, 9.17) is 21.1 Å². The number of hydrogen-bond acceptors (Lipinski definition) is 5. The first-order valence-electron chi connectivity index (χ1n) is 9.63. The predicted molar refractivity (Wildman–Crippen MR) is 125 cm³/mol. The molecule has 168 valence electrons. The van der Waals surface area contributed by atoms with Gasteiger partial charge in [-0.05, 0) is 79.6 Å². The SMILES string of the molecule is COc1ccc(NC(=O)COc2ccc(S(=O)(=O)Nc3cc(C)cc(C)c3)cc2)cc1Cl. The molecule has 0 saturated heterocycles. The van der Waals surface area contributed by atoms with Gasteiger partial charge in [-0.1, -0.05) is 17.7 Å². The Bertz CT molecular complexity index is 1210. The molecule has 7 nitrogen and oxygen atoms in total. The molecule has 0 aliphatic rings. The third-order valence-corrected chi connectivity index (χ3v) is 6.11. The summed E-state index contributed by atoms with van der Waals surface area (Å²) in [4.78, 5) is 12.2. The lowest BCUT2D eigenvalue weighted by Gasteiger charge is -2.11. The second-order valence-corrected chi connectivity index (χ2v) is 9.23. The average Bonchev–Trinajstić information content (AvgIpc) is 2.71. The van der Waals surface area contributed by atoms with Crippen molar-refractivity contribution in [3.8, 4) is 11.5 Å². The van der Waals surface area contributed by atoms with Gasteiger partial charge < -0.3 is 14.8 Å². The number of halogens is 1. The Morgan fingerprint density at radius 2 is 1.59 bits per heavy atom. The summed E-state index contributed by atoms with van der Waals surface area (Å²) >= 11 is 6.04. The van der Waals surface area contributed by atoms with Gasteiger partial charge in [0.05, 0.1) is 17.0 Å². The zero-order chi connectivity index (χ0) is 23.3. The maximum absolute atomic E-state index is 12.6. The zero-order valence-electron chi connectivity index (χ0n) is 17.8. The van der Waals surface area contributed by atoms with E-state index in [0.717, 1.165) is 11.1 Å². The van der Waals surface area contributed by atoms with Crippen LogP contribution in [0.3, 0.4) is 0 Å². The molecule has 9 heteroatoms. The van der Waals surface area contributed by atoms with Gasteiger partial charge in [0.15, 0.2) is 6.61 Å². The fourth-order valence-corrected chi connectivity index (χ4v) is 4.35. The van der Waals surface area contributed by atoms with Crippen LogP contribution in [-0.2, 0) is 14.8 Å². The lowest BCUT2D eigenvalue weighted by atomic mass is 10.1. The summed E-state index contributed by atoms with van der Waals surface area (Å²) in [7, 11) is -2.25. The molecule has 0 saturated carbocycles. The molecule has 1 amide bonds. The zero-order valence-corrected chi connectivity index (χ0v) is 19.4. The highest BCUT2D eigenvalue weighted by molar-refractivity contribution is 7.92. The van der Waals surface area contributed by atoms with Gasteiger partial charge in [0.25, 0.3) is 15.9 Å². The molecule has 0 aliphatic carbocycles. The van der Waals surface area contributed by atoms with Gasteiger partial charge in [0.1, 0.15) is 11.5 Å². The molecule has 0 radical (unpaired) electrons. The summed E-state index contributed by atoms with van der Waals surface area (Å²) in [5.41, 5.74) is 2.92. The molecule has 0 aromatic heterocycles. The van der Waals surface area contributed by atoms with E-state index in [1.54, 1.807) is 30.3 Å². The number of sulfonamides is 1. The molecule has 3 aromatic rings. The fourth-order valence-electron chi connectivity index (χ4n) is 3.05. The van der Waals surface area contributed by atoms with Crippen molar-refractivity contribution in [2.24, 2.45) is 0 Å². The minimum atomic E-state index is -3.75. The summed E-state index contributed by atoms with van der Waals surface area (Å²) < 4.78 is 38.4. The number of amides is 1. The summed E-state index contributed by atoms with van der Waals surface area (Å²) in [5.74, 6) is 0.473. The van der Waals surface area contributed by atoms with E-state index in [1.807, 2.05) is 19.9 Å². The summed E-state index contributed by atoms with van der Waals surface area (Å²) in [5, 5.41) is 3.04. The average molecular weight is 475 g/mol. The van der Waals surface area contributed by atoms with Crippen molar-refractivity contribution in [3.05, 3.63) is 76.8 Å². The van der Waals surface area contributed by atoms with Crippen LogP contribution in [-0.4, -0.2) is 28.0 Å². The van der Waals surface area contributed by atoms with Crippen molar-refractivity contribution >= 4 is 38.9 Å². The van der Waals surface area contributed by atoms with Crippen LogP contribution in [0.5, 0.6) is 11.5 Å². The molecular formula is C23H23ClN2O5S. The standard InChI is InChI=1S/C23H23ClN2O5S/c1-15-10-16(2)12-18(11-15)26-32(28,29)20-7-5-19(6-8-20)31-14-23(27)25-17-4-9-22(30-3)21(24)13-17/h4-13,26H,14H2,1-3H3,(H,25,27). The van der Waals surface area contributed by atoms with Crippen molar-refractivity contribution < 1.29 is 22.7 Å². The smallest absolute Gasteiger partial charge is 0.262 e. The maximum atomic E-state index is 12.6. The molecule has 32 heavy (non-hydrogen) atoms. The lowest BCUT2D eigenvalue weighted by molar-refractivity contribution is -0.118. The van der Waals surface area contributed by atoms with Gasteiger partial charge in [-0.15, -0.1) is 0 Å². The second kappa shape index (κ2) is 9.93. The number of aryl methyl sites for hydroxylation is 2. The number of ether oxygens (including phenoxy) is 2. The van der Waals surface area contributed by atoms with Gasteiger partial charge in [-0.2, -0.15) is 0 Å². The normalized spacial score (nSPS) is 11.0. The van der Waals surface area contributed by atoms with E-state index >= 15 is 0 Å². The number of carbonyl (C=O) groups is 1. The molecule has 3 rings (SSSR count). The largest absolute Gasteiger partial charge is 0.495 e. The Balaban J connectivity index is 1.59. The van der Waals surface area contributed by atoms with Crippen molar-refractivity contribution in [1.82, 2.24) is 0 Å². The molecular weight excluding hydrogens is 452 g/mol. The van der Waals surface area contributed by atoms with Crippen LogP contribution < -0.4 is 19.5 Å². The minimum absolute atomic E-state index is 0.0846. The molecule has 0 heterocycles. The molecule has 0 atom stereocenters. The Morgan fingerprint density at radius 1 is 0.938 bits per heavy atom. The molecule has 0 aliphatic heterocycles. The minimum Gasteiger partial charge on any atom is -0.495 e. The van der Waals surface area contributed by atoms with E-state index in [-0.39, 0.29) is 17.4 Å². The number of methoxy groups -OCH3 is 1. The Morgan fingerprint density at radius 3 is 2.19 bits per heavy atom. The van der Waals surface area contributed by atoms with Gasteiger partial charge >= 0.3 is 0 Å². The van der Waals surface area contributed by atoms with Crippen LogP contribution in [0, 0.1) is 13.8 Å². The molecule has 3 aromatic carbocycles. The van der Waals surface area contributed by atoms with E-state index in [1.165, 1.54) is 31.4 Å². The first kappa shape index (κ1) is 23.4. The fraction of sp³-hybridized carbons (Fsp3) is 0.174. The molecule has 0 spiro atoms. The molecule has 2 N–H and O–H groups in total. The second-order valence-electron chi connectivity index (χ2n) is 7.14. The monoisotopic (exact) mass is 474 g/mol. The van der Waals surface area contributed by atoms with E-state index in [9.17, 15) is 13.2 Å². The van der Waals surface area contributed by atoms with Gasteiger partial charge in [0, 0.05) is 11.4 Å². The van der Waals surface area contributed by atoms with Crippen LogP contribution in [0.25, 0.3) is 0 Å². The Hall–Kier alpha value is -3.23. The summed E-state index contributed by atoms with van der Waals surface area (Å²) in [6.07, 6.45) is 0. The highest BCUT2D eigenvalue weighted by Crippen LogP contribution is 2.27. The topological polar surface area (TPSA) is 93.7 Å². The molecule has 0 bridgehead atoms. The first-order chi connectivity index (χ1) is 15.2. The van der Waals surface area contributed by atoms with Gasteiger partial charge in [-0.3, -0.25) is 9.52 Å². The van der Waals surface area contributed by atoms with Crippen molar-refractivity contribution in [3.63, 3.8) is 0 Å². The van der Waals surface area contributed by atoms with Gasteiger partial charge in [0.2, 0.25) is 0 Å². The van der Waals surface area contributed by atoms with Crippen LogP contribution in [0.1, 0.15) is 11.1 Å². The Labute approximate surface area is 192 Å². The number of anilines is 2. The number of nitrogens with one attached hydrogen (secondary N) is 2. The number of benzene rings is 3. The van der Waals surface area contributed by atoms with Crippen molar-refractivity contribution in [2.45, 2.75) is 18.7 Å². The van der Waals surface area contributed by atoms with E-state index in [2.05, 4.69) is 10.0 Å². The highest BCUT2D eigenvalue weighted by Gasteiger charge is 2.15. The summed E-state index contributed by atoms with van der Waals surface area (Å²) in [6.45, 7) is 3.54. The van der Waals surface area contributed by atoms with E-state index in [0.29, 0.717) is 27.9 Å². The third-order valence-electron chi connectivity index (χ3n) is 4.41. The number of carbonyl (C=O) groups excluding carboxylic acids is 1. The van der Waals surface area contributed by atoms with Crippen molar-refractivity contribution in [1.29, 1.82) is 0 Å².